The maximum absolute atomic E-state index is 11.3. The molecule has 0 N–H and O–H groups in total. The molecule has 62 valence electrons. The maximum Gasteiger partial charge on any atom is 0.292 e. The second kappa shape index (κ2) is 3.47. The van der Waals surface area contributed by atoms with Gasteiger partial charge in [-0.25, -0.2) is 0 Å². The van der Waals surface area contributed by atoms with Crippen LogP contribution in [0.3, 0.4) is 0 Å². The van der Waals surface area contributed by atoms with Crippen molar-refractivity contribution >= 4 is 13.3 Å². The third-order valence-corrected chi connectivity index (χ3v) is 1.47. The number of rotatable bonds is 2. The Hall–Kier alpha value is -1.19. The molecule has 0 atom stereocenters. The standard InChI is InChI=1S/C8H10BNO2/c1-3-12-7-4-6(9)5-10(2)8(7)11/h4-5H,3H2,1-2H3. The molecule has 0 fully saturated rings. The molecule has 0 aromatic carbocycles. The number of hydrogen-bond acceptors (Lipinski definition) is 2. The van der Waals surface area contributed by atoms with Gasteiger partial charge in [0.1, 0.15) is 7.85 Å². The molecular formula is C8H10BNO2. The zero-order valence-electron chi connectivity index (χ0n) is 7.20. The van der Waals surface area contributed by atoms with E-state index in [0.717, 1.165) is 0 Å². The van der Waals surface area contributed by atoms with E-state index in [0.29, 0.717) is 17.8 Å². The molecular weight excluding hydrogens is 153 g/mol. The van der Waals surface area contributed by atoms with Gasteiger partial charge in [0.2, 0.25) is 0 Å². The number of pyridine rings is 1. The molecule has 0 unspecified atom stereocenters. The molecule has 2 radical (unpaired) electrons. The smallest absolute Gasteiger partial charge is 0.292 e. The molecule has 1 heterocycles. The van der Waals surface area contributed by atoms with Crippen molar-refractivity contribution in [2.24, 2.45) is 7.05 Å². The van der Waals surface area contributed by atoms with Crippen LogP contribution in [0.25, 0.3) is 0 Å². The first-order valence-corrected chi connectivity index (χ1v) is 3.74. The molecule has 4 heteroatoms. The van der Waals surface area contributed by atoms with Gasteiger partial charge >= 0.3 is 0 Å². The quantitative estimate of drug-likeness (QED) is 0.554. The van der Waals surface area contributed by atoms with E-state index < -0.39 is 0 Å². The zero-order valence-corrected chi connectivity index (χ0v) is 7.20. The minimum atomic E-state index is -0.161. The molecule has 0 aliphatic heterocycles. The molecule has 1 aromatic heterocycles. The minimum Gasteiger partial charge on any atom is -0.488 e. The fraction of sp³-hybridized carbons (Fsp3) is 0.375. The van der Waals surface area contributed by atoms with Gasteiger partial charge in [0.25, 0.3) is 5.56 Å². The van der Waals surface area contributed by atoms with Crippen LogP contribution in [0.4, 0.5) is 0 Å². The summed E-state index contributed by atoms with van der Waals surface area (Å²) in [5.41, 5.74) is 0.367. The van der Waals surface area contributed by atoms with E-state index in [4.69, 9.17) is 12.6 Å². The summed E-state index contributed by atoms with van der Waals surface area (Å²) in [6, 6.07) is 1.53. The molecule has 0 aliphatic rings. The topological polar surface area (TPSA) is 31.2 Å². The third kappa shape index (κ3) is 1.70. The zero-order chi connectivity index (χ0) is 9.14. The Bertz CT molecular complexity index is 332. The van der Waals surface area contributed by atoms with Gasteiger partial charge in [-0.2, -0.15) is 0 Å². The fourth-order valence-corrected chi connectivity index (χ4v) is 0.965. The summed E-state index contributed by atoms with van der Waals surface area (Å²) in [5.74, 6) is 0.306. The Morgan fingerprint density at radius 3 is 2.92 bits per heavy atom. The normalized spacial score (nSPS) is 9.83. The summed E-state index contributed by atoms with van der Waals surface area (Å²) in [7, 11) is 7.16. The predicted molar refractivity (Wildman–Crippen MR) is 48.2 cm³/mol. The largest absolute Gasteiger partial charge is 0.488 e. The van der Waals surface area contributed by atoms with Crippen LogP contribution in [0.2, 0.25) is 0 Å². The van der Waals surface area contributed by atoms with Crippen molar-refractivity contribution in [3.05, 3.63) is 22.6 Å². The summed E-state index contributed by atoms with van der Waals surface area (Å²) in [6.45, 7) is 2.29. The van der Waals surface area contributed by atoms with Crippen LogP contribution in [0, 0.1) is 0 Å². The van der Waals surface area contributed by atoms with E-state index in [1.807, 2.05) is 6.92 Å². The monoisotopic (exact) mass is 163 g/mol. The lowest BCUT2D eigenvalue weighted by molar-refractivity contribution is 0.333. The Morgan fingerprint density at radius 2 is 2.33 bits per heavy atom. The molecule has 0 spiro atoms. The highest BCUT2D eigenvalue weighted by Crippen LogP contribution is 1.97. The Balaban J connectivity index is 3.19. The van der Waals surface area contributed by atoms with Crippen molar-refractivity contribution in [2.45, 2.75) is 6.92 Å². The van der Waals surface area contributed by atoms with E-state index >= 15 is 0 Å². The average molecular weight is 163 g/mol. The first-order chi connectivity index (χ1) is 5.65. The third-order valence-electron chi connectivity index (χ3n) is 1.47. The molecule has 1 aromatic rings. The number of hydrogen-bond donors (Lipinski definition) is 0. The maximum atomic E-state index is 11.3. The highest BCUT2D eigenvalue weighted by molar-refractivity contribution is 6.32. The molecule has 12 heavy (non-hydrogen) atoms. The summed E-state index contributed by atoms with van der Waals surface area (Å²) in [5, 5.41) is 0. The van der Waals surface area contributed by atoms with E-state index in [-0.39, 0.29) is 5.56 Å². The molecule has 0 bridgehead atoms. The van der Waals surface area contributed by atoms with Crippen LogP contribution < -0.4 is 15.8 Å². The summed E-state index contributed by atoms with van der Waals surface area (Å²) < 4.78 is 6.49. The minimum absolute atomic E-state index is 0.161. The summed E-state index contributed by atoms with van der Waals surface area (Å²) in [6.07, 6.45) is 1.56. The molecule has 0 amide bonds. The Morgan fingerprint density at radius 1 is 1.67 bits per heavy atom. The molecule has 3 nitrogen and oxygen atoms in total. The summed E-state index contributed by atoms with van der Waals surface area (Å²) in [4.78, 5) is 11.3. The second-order valence-corrected chi connectivity index (χ2v) is 2.49. The van der Waals surface area contributed by atoms with E-state index in [1.54, 1.807) is 13.2 Å². The van der Waals surface area contributed by atoms with Crippen LogP contribution >= 0.6 is 0 Å². The van der Waals surface area contributed by atoms with Crippen LogP contribution in [0.15, 0.2) is 17.1 Å². The lowest BCUT2D eigenvalue weighted by atomic mass is 9.99. The molecule has 0 saturated heterocycles. The van der Waals surface area contributed by atoms with Crippen LogP contribution in [-0.4, -0.2) is 19.0 Å². The van der Waals surface area contributed by atoms with E-state index in [2.05, 4.69) is 0 Å². The fourth-order valence-electron chi connectivity index (χ4n) is 0.965. The first kappa shape index (κ1) is 8.91. The number of ether oxygens (including phenoxy) is 1. The Labute approximate surface area is 72.4 Å². The van der Waals surface area contributed by atoms with Gasteiger partial charge in [-0.05, 0) is 19.2 Å². The van der Waals surface area contributed by atoms with Gasteiger partial charge in [0.15, 0.2) is 5.75 Å². The van der Waals surface area contributed by atoms with Gasteiger partial charge in [0, 0.05) is 7.05 Å². The van der Waals surface area contributed by atoms with Gasteiger partial charge in [-0.3, -0.25) is 4.79 Å². The molecule has 1 rings (SSSR count). The van der Waals surface area contributed by atoms with E-state index in [1.165, 1.54) is 10.6 Å². The van der Waals surface area contributed by atoms with Crippen molar-refractivity contribution in [1.82, 2.24) is 4.57 Å². The van der Waals surface area contributed by atoms with Crippen molar-refractivity contribution in [3.63, 3.8) is 0 Å². The summed E-state index contributed by atoms with van der Waals surface area (Å²) >= 11 is 0. The van der Waals surface area contributed by atoms with Crippen molar-refractivity contribution in [1.29, 1.82) is 0 Å². The highest BCUT2D eigenvalue weighted by atomic mass is 16.5. The van der Waals surface area contributed by atoms with Crippen LogP contribution in [0.5, 0.6) is 5.75 Å². The number of aromatic nitrogens is 1. The number of aryl methyl sites for hydroxylation is 1. The van der Waals surface area contributed by atoms with E-state index in [9.17, 15) is 4.79 Å². The van der Waals surface area contributed by atoms with Gasteiger partial charge in [0.05, 0.1) is 6.61 Å². The van der Waals surface area contributed by atoms with Crippen LogP contribution in [0.1, 0.15) is 6.92 Å². The second-order valence-electron chi connectivity index (χ2n) is 2.49. The number of nitrogens with zero attached hydrogens (tertiary/aromatic N) is 1. The van der Waals surface area contributed by atoms with Gasteiger partial charge in [-0.1, -0.05) is 5.46 Å². The predicted octanol–water partition coefficient (Wildman–Crippen LogP) is -0.422. The van der Waals surface area contributed by atoms with Crippen molar-refractivity contribution in [3.8, 4) is 5.75 Å². The highest BCUT2D eigenvalue weighted by Gasteiger charge is 2.01. The SMILES string of the molecule is [B]c1cc(OCC)c(=O)n(C)c1. The lowest BCUT2D eigenvalue weighted by Crippen LogP contribution is -2.23. The van der Waals surface area contributed by atoms with Gasteiger partial charge < -0.3 is 9.30 Å². The van der Waals surface area contributed by atoms with Crippen LogP contribution in [-0.2, 0) is 7.05 Å². The van der Waals surface area contributed by atoms with Crippen molar-refractivity contribution in [2.75, 3.05) is 6.61 Å². The van der Waals surface area contributed by atoms with Gasteiger partial charge in [-0.15, -0.1) is 0 Å². The van der Waals surface area contributed by atoms with Crippen molar-refractivity contribution < 1.29 is 4.74 Å². The molecule has 0 saturated carbocycles. The lowest BCUT2D eigenvalue weighted by Gasteiger charge is -2.05. The molecule has 0 aliphatic carbocycles. The first-order valence-electron chi connectivity index (χ1n) is 3.74. The Kier molecular flexibility index (Phi) is 2.58. The average Bonchev–Trinajstić information content (AvgIpc) is 2.00.